The number of rotatable bonds is 4. The summed E-state index contributed by atoms with van der Waals surface area (Å²) in [5.41, 5.74) is -1.65. The number of aliphatic hydroxyl groups is 1. The van der Waals surface area contributed by atoms with Gasteiger partial charge in [0.15, 0.2) is 5.60 Å². The third-order valence-electron chi connectivity index (χ3n) is 3.39. The molecule has 1 N–H and O–H groups in total. The van der Waals surface area contributed by atoms with Crippen LogP contribution in [-0.4, -0.2) is 61.0 Å². The Balaban J connectivity index is 2.60. The summed E-state index contributed by atoms with van der Waals surface area (Å²) >= 11 is 0. The number of hydrogen-bond acceptors (Lipinski definition) is 5. The first kappa shape index (κ1) is 14.4. The van der Waals surface area contributed by atoms with Gasteiger partial charge in [-0.05, 0) is 33.2 Å². The third-order valence-corrected chi connectivity index (χ3v) is 3.39. The molecule has 5 heteroatoms. The Morgan fingerprint density at radius 3 is 2.71 bits per heavy atom. The summed E-state index contributed by atoms with van der Waals surface area (Å²) in [4.78, 5) is 13.5. The molecule has 0 bridgehead atoms. The summed E-state index contributed by atoms with van der Waals surface area (Å²) in [5.74, 6) is -0.595. The summed E-state index contributed by atoms with van der Waals surface area (Å²) in [7, 11) is 2.98. The Kier molecular flexibility index (Phi) is 4.52. The average Bonchev–Trinajstić information content (AvgIpc) is 2.27. The van der Waals surface area contributed by atoms with E-state index in [9.17, 15) is 9.90 Å². The van der Waals surface area contributed by atoms with Crippen LogP contribution in [0.3, 0.4) is 0 Å². The van der Waals surface area contributed by atoms with Crippen LogP contribution in [0.5, 0.6) is 0 Å². The van der Waals surface area contributed by atoms with Crippen LogP contribution in [0.1, 0.15) is 26.7 Å². The number of esters is 1. The van der Waals surface area contributed by atoms with Crippen LogP contribution in [-0.2, 0) is 14.3 Å². The van der Waals surface area contributed by atoms with E-state index in [0.717, 1.165) is 25.9 Å². The van der Waals surface area contributed by atoms with Crippen LogP contribution in [0.4, 0.5) is 0 Å². The molecule has 0 spiro atoms. The smallest absolute Gasteiger partial charge is 0.338 e. The first-order valence-corrected chi connectivity index (χ1v) is 5.91. The molecule has 100 valence electrons. The van der Waals surface area contributed by atoms with Crippen molar-refractivity contribution in [3.8, 4) is 0 Å². The van der Waals surface area contributed by atoms with E-state index in [-0.39, 0.29) is 12.1 Å². The van der Waals surface area contributed by atoms with Crippen molar-refractivity contribution < 1.29 is 19.4 Å². The molecule has 0 aromatic rings. The average molecular weight is 245 g/mol. The van der Waals surface area contributed by atoms with Crippen molar-refractivity contribution in [3.05, 3.63) is 0 Å². The SMILES string of the molecule is COC(=O)C(C)(O)CN1CCCC(C)(OC)C1. The van der Waals surface area contributed by atoms with E-state index in [1.54, 1.807) is 7.11 Å². The molecule has 0 saturated carbocycles. The zero-order valence-corrected chi connectivity index (χ0v) is 11.2. The Hall–Kier alpha value is -0.650. The topological polar surface area (TPSA) is 59.0 Å². The molecule has 1 aliphatic heterocycles. The molecule has 5 nitrogen and oxygen atoms in total. The van der Waals surface area contributed by atoms with Gasteiger partial charge >= 0.3 is 5.97 Å². The molecule has 1 fully saturated rings. The van der Waals surface area contributed by atoms with Gasteiger partial charge in [-0.2, -0.15) is 0 Å². The van der Waals surface area contributed by atoms with Crippen LogP contribution < -0.4 is 0 Å². The predicted octanol–water partition coefficient (Wildman–Crippen LogP) is 0.411. The summed E-state index contributed by atoms with van der Waals surface area (Å²) < 4.78 is 10.1. The van der Waals surface area contributed by atoms with E-state index < -0.39 is 11.6 Å². The summed E-state index contributed by atoms with van der Waals surface area (Å²) in [6.07, 6.45) is 2.00. The molecule has 17 heavy (non-hydrogen) atoms. The standard InChI is InChI=1S/C12H23NO4/c1-11(17-4)6-5-7-13(8-11)9-12(2,15)10(14)16-3/h15H,5-9H2,1-4H3. The van der Waals surface area contributed by atoms with Gasteiger partial charge in [-0.15, -0.1) is 0 Å². The van der Waals surface area contributed by atoms with Crippen molar-refractivity contribution in [1.82, 2.24) is 4.90 Å². The van der Waals surface area contributed by atoms with Crippen LogP contribution in [0, 0.1) is 0 Å². The van der Waals surface area contributed by atoms with Crippen molar-refractivity contribution in [2.75, 3.05) is 33.9 Å². The minimum absolute atomic E-state index is 0.190. The van der Waals surface area contributed by atoms with E-state index in [4.69, 9.17) is 4.74 Å². The fraction of sp³-hybridized carbons (Fsp3) is 0.917. The molecule has 1 saturated heterocycles. The van der Waals surface area contributed by atoms with Crippen molar-refractivity contribution in [2.45, 2.75) is 37.9 Å². The molecular formula is C12H23NO4. The van der Waals surface area contributed by atoms with Gasteiger partial charge in [0.1, 0.15) is 0 Å². The predicted molar refractivity (Wildman–Crippen MR) is 63.7 cm³/mol. The van der Waals surface area contributed by atoms with Crippen molar-refractivity contribution in [2.24, 2.45) is 0 Å². The van der Waals surface area contributed by atoms with Gasteiger partial charge in [-0.3, -0.25) is 4.90 Å². The zero-order chi connectivity index (χ0) is 13.1. The van der Waals surface area contributed by atoms with Gasteiger partial charge in [0, 0.05) is 20.2 Å². The lowest BCUT2D eigenvalue weighted by Gasteiger charge is -2.41. The molecule has 0 aliphatic carbocycles. The largest absolute Gasteiger partial charge is 0.467 e. The molecule has 1 heterocycles. The Labute approximate surface area is 103 Å². The number of carbonyl (C=O) groups excluding carboxylic acids is 1. The molecule has 0 radical (unpaired) electrons. The minimum atomic E-state index is -1.46. The lowest BCUT2D eigenvalue weighted by Crippen LogP contribution is -2.54. The van der Waals surface area contributed by atoms with Gasteiger partial charge in [0.2, 0.25) is 0 Å². The number of likely N-dealkylation sites (tertiary alicyclic amines) is 1. The lowest BCUT2D eigenvalue weighted by atomic mass is 9.93. The van der Waals surface area contributed by atoms with Crippen LogP contribution in [0.2, 0.25) is 0 Å². The number of hydrogen-bond donors (Lipinski definition) is 1. The van der Waals surface area contributed by atoms with Crippen LogP contribution in [0.15, 0.2) is 0 Å². The van der Waals surface area contributed by atoms with Gasteiger partial charge in [0.05, 0.1) is 12.7 Å². The highest BCUT2D eigenvalue weighted by Crippen LogP contribution is 2.25. The maximum atomic E-state index is 11.4. The van der Waals surface area contributed by atoms with E-state index in [1.165, 1.54) is 14.0 Å². The van der Waals surface area contributed by atoms with Crippen molar-refractivity contribution in [1.29, 1.82) is 0 Å². The molecule has 1 rings (SSSR count). The Morgan fingerprint density at radius 1 is 1.53 bits per heavy atom. The number of methoxy groups -OCH3 is 2. The maximum absolute atomic E-state index is 11.4. The van der Waals surface area contributed by atoms with Gasteiger partial charge in [0.25, 0.3) is 0 Å². The quantitative estimate of drug-likeness (QED) is 0.727. The van der Waals surface area contributed by atoms with Crippen molar-refractivity contribution >= 4 is 5.97 Å². The Morgan fingerprint density at radius 2 is 2.18 bits per heavy atom. The zero-order valence-electron chi connectivity index (χ0n) is 11.2. The van der Waals surface area contributed by atoms with Gasteiger partial charge < -0.3 is 14.6 Å². The monoisotopic (exact) mass is 245 g/mol. The molecule has 0 amide bonds. The number of β-amino-alcohol motifs (C(OH)–C–C–N with tert-alkyl or cyclic N) is 1. The second kappa shape index (κ2) is 5.33. The molecule has 0 aromatic carbocycles. The maximum Gasteiger partial charge on any atom is 0.338 e. The fourth-order valence-electron chi connectivity index (χ4n) is 2.33. The summed E-state index contributed by atoms with van der Waals surface area (Å²) in [5, 5.41) is 10.0. The number of carbonyl (C=O) groups is 1. The third kappa shape index (κ3) is 3.66. The molecule has 2 unspecified atom stereocenters. The summed E-state index contributed by atoms with van der Waals surface area (Å²) in [6.45, 7) is 5.39. The lowest BCUT2D eigenvalue weighted by molar-refractivity contribution is -0.164. The molecule has 2 atom stereocenters. The number of nitrogens with zero attached hydrogens (tertiary/aromatic N) is 1. The fourth-order valence-corrected chi connectivity index (χ4v) is 2.33. The normalized spacial score (nSPS) is 29.7. The van der Waals surface area contributed by atoms with E-state index in [1.807, 2.05) is 11.8 Å². The van der Waals surface area contributed by atoms with Crippen molar-refractivity contribution in [3.63, 3.8) is 0 Å². The van der Waals surface area contributed by atoms with Gasteiger partial charge in [-0.1, -0.05) is 0 Å². The first-order chi connectivity index (χ1) is 7.83. The van der Waals surface area contributed by atoms with E-state index >= 15 is 0 Å². The number of piperidine rings is 1. The minimum Gasteiger partial charge on any atom is -0.467 e. The summed E-state index contributed by atoms with van der Waals surface area (Å²) in [6, 6.07) is 0. The van der Waals surface area contributed by atoms with Crippen LogP contribution in [0.25, 0.3) is 0 Å². The van der Waals surface area contributed by atoms with Crippen LogP contribution >= 0.6 is 0 Å². The second-order valence-electron chi connectivity index (χ2n) is 5.23. The molecular weight excluding hydrogens is 222 g/mol. The van der Waals surface area contributed by atoms with E-state index in [0.29, 0.717) is 0 Å². The highest BCUT2D eigenvalue weighted by molar-refractivity contribution is 5.78. The first-order valence-electron chi connectivity index (χ1n) is 5.91. The van der Waals surface area contributed by atoms with Gasteiger partial charge in [-0.25, -0.2) is 4.79 Å². The highest BCUT2D eigenvalue weighted by Gasteiger charge is 2.38. The van der Waals surface area contributed by atoms with E-state index in [2.05, 4.69) is 4.74 Å². The number of ether oxygens (including phenoxy) is 2. The molecule has 1 aliphatic rings. The molecule has 0 aromatic heterocycles. The second-order valence-corrected chi connectivity index (χ2v) is 5.23. The highest BCUT2D eigenvalue weighted by atomic mass is 16.5. The Bertz CT molecular complexity index is 280.